The summed E-state index contributed by atoms with van der Waals surface area (Å²) >= 11 is 11.6. The number of aromatic nitrogens is 1. The number of alkyl halides is 1. The van der Waals surface area contributed by atoms with Gasteiger partial charge < -0.3 is 9.15 Å². The molecule has 0 aliphatic heterocycles. The van der Waals surface area contributed by atoms with E-state index in [1.54, 1.807) is 25.3 Å². The molecule has 1 aromatic carbocycles. The Labute approximate surface area is 103 Å². The van der Waals surface area contributed by atoms with Crippen molar-refractivity contribution >= 4 is 23.2 Å². The van der Waals surface area contributed by atoms with E-state index in [2.05, 4.69) is 4.98 Å². The summed E-state index contributed by atoms with van der Waals surface area (Å²) in [7, 11) is 1.58. The minimum atomic E-state index is 0.312. The van der Waals surface area contributed by atoms with Crippen LogP contribution < -0.4 is 4.74 Å². The molecule has 84 valence electrons. The summed E-state index contributed by atoms with van der Waals surface area (Å²) in [6.45, 7) is 0. The number of ether oxygens (including phenoxy) is 1. The van der Waals surface area contributed by atoms with Crippen LogP contribution in [-0.2, 0) is 5.88 Å². The van der Waals surface area contributed by atoms with Crippen molar-refractivity contribution in [2.45, 2.75) is 5.88 Å². The number of rotatable bonds is 3. The van der Waals surface area contributed by atoms with Gasteiger partial charge in [0.2, 0.25) is 5.89 Å². The van der Waals surface area contributed by atoms with Crippen LogP contribution in [0.2, 0.25) is 5.02 Å². The Balaban J connectivity index is 2.49. The molecule has 3 nitrogen and oxygen atoms in total. The molecule has 0 atom stereocenters. The molecule has 0 radical (unpaired) electrons. The van der Waals surface area contributed by atoms with Gasteiger partial charge >= 0.3 is 0 Å². The van der Waals surface area contributed by atoms with E-state index in [0.717, 1.165) is 0 Å². The fraction of sp³-hybridized carbons (Fsp3) is 0.182. The molecule has 0 aliphatic rings. The van der Waals surface area contributed by atoms with E-state index in [9.17, 15) is 0 Å². The SMILES string of the molecule is COc1ccc(Cl)cc1-c1nc(CCl)co1. The lowest BCUT2D eigenvalue weighted by atomic mass is 10.2. The van der Waals surface area contributed by atoms with Crippen molar-refractivity contribution in [3.05, 3.63) is 35.2 Å². The number of hydrogen-bond acceptors (Lipinski definition) is 3. The van der Waals surface area contributed by atoms with Crippen molar-refractivity contribution in [3.63, 3.8) is 0 Å². The van der Waals surface area contributed by atoms with E-state index in [1.807, 2.05) is 0 Å². The van der Waals surface area contributed by atoms with Crippen LogP contribution in [0.15, 0.2) is 28.9 Å². The third-order valence-corrected chi connectivity index (χ3v) is 2.59. The summed E-state index contributed by atoms with van der Waals surface area (Å²) in [6.07, 6.45) is 1.52. The van der Waals surface area contributed by atoms with Crippen molar-refractivity contribution in [1.82, 2.24) is 4.98 Å². The van der Waals surface area contributed by atoms with Crippen LogP contribution in [0.25, 0.3) is 11.5 Å². The second kappa shape index (κ2) is 4.76. The molecule has 0 spiro atoms. The standard InChI is InChI=1S/C11H9Cl2NO2/c1-15-10-3-2-7(13)4-9(10)11-14-8(5-12)6-16-11/h2-4,6H,5H2,1H3. The maximum absolute atomic E-state index is 5.91. The Kier molecular flexibility index (Phi) is 3.36. The molecule has 1 aromatic heterocycles. The zero-order chi connectivity index (χ0) is 11.5. The molecule has 0 fully saturated rings. The average Bonchev–Trinajstić information content (AvgIpc) is 2.77. The molecule has 0 saturated heterocycles. The number of benzene rings is 1. The van der Waals surface area contributed by atoms with Gasteiger partial charge in [-0.25, -0.2) is 4.98 Å². The maximum atomic E-state index is 5.91. The average molecular weight is 258 g/mol. The maximum Gasteiger partial charge on any atom is 0.230 e. The number of halogens is 2. The first-order valence-electron chi connectivity index (χ1n) is 4.59. The molecule has 0 amide bonds. The zero-order valence-electron chi connectivity index (χ0n) is 8.54. The highest BCUT2D eigenvalue weighted by Crippen LogP contribution is 2.31. The highest BCUT2D eigenvalue weighted by Gasteiger charge is 2.12. The van der Waals surface area contributed by atoms with Crippen LogP contribution in [0.1, 0.15) is 5.69 Å². The summed E-state index contributed by atoms with van der Waals surface area (Å²) < 4.78 is 10.5. The third-order valence-electron chi connectivity index (χ3n) is 2.08. The fourth-order valence-corrected chi connectivity index (χ4v) is 1.63. The monoisotopic (exact) mass is 257 g/mol. The van der Waals surface area contributed by atoms with Crippen molar-refractivity contribution in [2.75, 3.05) is 7.11 Å². The molecule has 0 aliphatic carbocycles. The summed E-state index contributed by atoms with van der Waals surface area (Å²) in [4.78, 5) is 4.21. The minimum Gasteiger partial charge on any atom is -0.496 e. The van der Waals surface area contributed by atoms with E-state index in [1.165, 1.54) is 6.26 Å². The number of hydrogen-bond donors (Lipinski definition) is 0. The molecular weight excluding hydrogens is 249 g/mol. The van der Waals surface area contributed by atoms with E-state index in [4.69, 9.17) is 32.4 Å². The quantitative estimate of drug-likeness (QED) is 0.786. The van der Waals surface area contributed by atoms with E-state index in [-0.39, 0.29) is 0 Å². The molecular formula is C11H9Cl2NO2. The van der Waals surface area contributed by atoms with Gasteiger partial charge in [0.15, 0.2) is 0 Å². The van der Waals surface area contributed by atoms with Gasteiger partial charge in [0.05, 0.1) is 24.2 Å². The number of nitrogens with zero attached hydrogens (tertiary/aromatic N) is 1. The summed E-state index contributed by atoms with van der Waals surface area (Å²) in [5.74, 6) is 1.43. The summed E-state index contributed by atoms with van der Waals surface area (Å²) in [5.41, 5.74) is 1.39. The zero-order valence-corrected chi connectivity index (χ0v) is 10.0. The first-order valence-corrected chi connectivity index (χ1v) is 5.50. The van der Waals surface area contributed by atoms with Crippen LogP contribution in [-0.4, -0.2) is 12.1 Å². The Morgan fingerprint density at radius 3 is 2.88 bits per heavy atom. The molecule has 5 heteroatoms. The molecule has 0 N–H and O–H groups in total. The first-order chi connectivity index (χ1) is 7.74. The Bertz CT molecular complexity index is 496. The Morgan fingerprint density at radius 2 is 2.25 bits per heavy atom. The third kappa shape index (κ3) is 2.15. The predicted molar refractivity (Wildman–Crippen MR) is 63.1 cm³/mol. The van der Waals surface area contributed by atoms with Crippen LogP contribution >= 0.6 is 23.2 Å². The van der Waals surface area contributed by atoms with Crippen molar-refractivity contribution < 1.29 is 9.15 Å². The van der Waals surface area contributed by atoms with Crippen molar-refractivity contribution in [3.8, 4) is 17.2 Å². The topological polar surface area (TPSA) is 35.3 Å². The van der Waals surface area contributed by atoms with Gasteiger partial charge in [0.25, 0.3) is 0 Å². The van der Waals surface area contributed by atoms with Crippen molar-refractivity contribution in [1.29, 1.82) is 0 Å². The molecule has 0 saturated carbocycles. The molecule has 1 heterocycles. The molecule has 2 rings (SSSR count). The summed E-state index contributed by atoms with van der Waals surface area (Å²) in [6, 6.07) is 5.25. The van der Waals surface area contributed by atoms with Crippen LogP contribution in [0, 0.1) is 0 Å². The fourth-order valence-electron chi connectivity index (χ4n) is 1.34. The van der Waals surface area contributed by atoms with Gasteiger partial charge in [-0.3, -0.25) is 0 Å². The lowest BCUT2D eigenvalue weighted by molar-refractivity contribution is 0.414. The second-order valence-corrected chi connectivity index (χ2v) is 3.83. The normalized spacial score (nSPS) is 10.4. The smallest absolute Gasteiger partial charge is 0.230 e. The lowest BCUT2D eigenvalue weighted by Gasteiger charge is -2.04. The molecule has 0 bridgehead atoms. The number of oxazole rings is 1. The first kappa shape index (κ1) is 11.3. The number of methoxy groups -OCH3 is 1. The van der Waals surface area contributed by atoms with Gasteiger partial charge in [-0.1, -0.05) is 11.6 Å². The van der Waals surface area contributed by atoms with Gasteiger partial charge in [0, 0.05) is 5.02 Å². The second-order valence-electron chi connectivity index (χ2n) is 3.12. The summed E-state index contributed by atoms with van der Waals surface area (Å²) in [5, 5.41) is 0.599. The van der Waals surface area contributed by atoms with Gasteiger partial charge in [-0.05, 0) is 18.2 Å². The molecule has 16 heavy (non-hydrogen) atoms. The van der Waals surface area contributed by atoms with E-state index >= 15 is 0 Å². The van der Waals surface area contributed by atoms with E-state index < -0.39 is 0 Å². The predicted octanol–water partition coefficient (Wildman–Crippen LogP) is 3.74. The van der Waals surface area contributed by atoms with Gasteiger partial charge in [0.1, 0.15) is 12.0 Å². The highest BCUT2D eigenvalue weighted by molar-refractivity contribution is 6.30. The van der Waals surface area contributed by atoms with Crippen LogP contribution in [0.3, 0.4) is 0 Å². The van der Waals surface area contributed by atoms with Crippen LogP contribution in [0.5, 0.6) is 5.75 Å². The van der Waals surface area contributed by atoms with Crippen LogP contribution in [0.4, 0.5) is 0 Å². The van der Waals surface area contributed by atoms with E-state index in [0.29, 0.717) is 33.8 Å². The molecule has 0 unspecified atom stereocenters. The Hall–Kier alpha value is -1.19. The largest absolute Gasteiger partial charge is 0.496 e. The Morgan fingerprint density at radius 1 is 1.44 bits per heavy atom. The van der Waals surface area contributed by atoms with Crippen molar-refractivity contribution in [2.24, 2.45) is 0 Å². The lowest BCUT2D eigenvalue weighted by Crippen LogP contribution is -1.88. The molecule has 2 aromatic rings. The highest BCUT2D eigenvalue weighted by atomic mass is 35.5. The van der Waals surface area contributed by atoms with Gasteiger partial charge in [-0.15, -0.1) is 11.6 Å². The van der Waals surface area contributed by atoms with Gasteiger partial charge in [-0.2, -0.15) is 0 Å². The minimum absolute atomic E-state index is 0.312.